The molecule has 3 N–H and O–H groups in total. The molecular weight excluding hydrogens is 512 g/mol. The lowest BCUT2D eigenvalue weighted by atomic mass is 10.0. The van der Waals surface area contributed by atoms with Crippen LogP contribution in [0.15, 0.2) is 35.1 Å². The number of ether oxygens (including phenoxy) is 4. The van der Waals surface area contributed by atoms with Crippen LogP contribution < -0.4 is 25.8 Å². The summed E-state index contributed by atoms with van der Waals surface area (Å²) in [6, 6.07) is 8.07. The molecule has 0 aliphatic rings. The van der Waals surface area contributed by atoms with Gasteiger partial charge < -0.3 is 34.6 Å². The summed E-state index contributed by atoms with van der Waals surface area (Å²) in [6.07, 6.45) is -0.373. The molecule has 2 amide bonds. The van der Waals surface area contributed by atoms with E-state index in [1.54, 1.807) is 25.1 Å². The van der Waals surface area contributed by atoms with Crippen LogP contribution in [0.25, 0.3) is 11.0 Å². The van der Waals surface area contributed by atoms with E-state index in [0.717, 1.165) is 10.1 Å². The molecule has 3 aromatic rings. The first kappa shape index (κ1) is 28.8. The standard InChI is InChI=1S/C26H30N4O9/c1-5-39-23(33)14-30-24-19(18(25(34)38-4)6-7-20(24)29-26(30)35)11-21(31)28-13-22(32)27-12-15-8-16(36-2)10-17(9-15)37-3/h6-10H,5,11-14H2,1-4H3,(H,27,32)(H,28,31)(H,29,35). The number of amides is 2. The zero-order valence-electron chi connectivity index (χ0n) is 22.0. The van der Waals surface area contributed by atoms with E-state index in [1.165, 1.54) is 33.5 Å². The third kappa shape index (κ3) is 7.15. The first-order valence-electron chi connectivity index (χ1n) is 11.9. The summed E-state index contributed by atoms with van der Waals surface area (Å²) in [4.78, 5) is 65.0. The molecule has 0 saturated carbocycles. The maximum absolute atomic E-state index is 12.8. The van der Waals surface area contributed by atoms with Gasteiger partial charge in [-0.25, -0.2) is 9.59 Å². The molecule has 3 rings (SSSR count). The Morgan fingerprint density at radius 1 is 0.949 bits per heavy atom. The highest BCUT2D eigenvalue weighted by Crippen LogP contribution is 2.23. The molecule has 2 aromatic carbocycles. The molecule has 0 unspecified atom stereocenters. The monoisotopic (exact) mass is 542 g/mol. The van der Waals surface area contributed by atoms with Gasteiger partial charge in [0.05, 0.1) is 57.5 Å². The van der Waals surface area contributed by atoms with Crippen LogP contribution in [0.4, 0.5) is 0 Å². The van der Waals surface area contributed by atoms with E-state index in [-0.39, 0.29) is 42.8 Å². The Morgan fingerprint density at radius 2 is 1.64 bits per heavy atom. The molecule has 0 aliphatic carbocycles. The summed E-state index contributed by atoms with van der Waals surface area (Å²) in [7, 11) is 4.21. The number of nitrogens with one attached hydrogen (secondary N) is 3. The highest BCUT2D eigenvalue weighted by molar-refractivity contribution is 6.00. The molecule has 0 fully saturated rings. The molecule has 0 aliphatic heterocycles. The Labute approximate surface area is 223 Å². The summed E-state index contributed by atoms with van der Waals surface area (Å²) < 4.78 is 21.3. The van der Waals surface area contributed by atoms with Crippen LogP contribution in [0.1, 0.15) is 28.4 Å². The van der Waals surface area contributed by atoms with E-state index >= 15 is 0 Å². The van der Waals surface area contributed by atoms with E-state index in [4.69, 9.17) is 18.9 Å². The summed E-state index contributed by atoms with van der Waals surface area (Å²) >= 11 is 0. The van der Waals surface area contributed by atoms with Gasteiger partial charge in [0.1, 0.15) is 18.0 Å². The maximum atomic E-state index is 12.8. The summed E-state index contributed by atoms with van der Waals surface area (Å²) in [5.41, 5.74) is 0.799. The van der Waals surface area contributed by atoms with Gasteiger partial charge in [-0.05, 0) is 36.8 Å². The fourth-order valence-corrected chi connectivity index (χ4v) is 3.93. The molecule has 0 saturated heterocycles. The molecule has 1 aromatic heterocycles. The predicted octanol–water partition coefficient (Wildman–Crippen LogP) is 0.672. The highest BCUT2D eigenvalue weighted by atomic mass is 16.5. The largest absolute Gasteiger partial charge is 0.497 e. The maximum Gasteiger partial charge on any atom is 0.338 e. The van der Waals surface area contributed by atoms with Gasteiger partial charge in [-0.3, -0.25) is 19.0 Å². The molecule has 39 heavy (non-hydrogen) atoms. The lowest BCUT2D eigenvalue weighted by Gasteiger charge is -2.13. The van der Waals surface area contributed by atoms with Crippen LogP contribution in [-0.2, 0) is 43.4 Å². The van der Waals surface area contributed by atoms with Crippen molar-refractivity contribution in [3.63, 3.8) is 0 Å². The Hall–Kier alpha value is -4.81. The van der Waals surface area contributed by atoms with Gasteiger partial charge in [0, 0.05) is 18.2 Å². The van der Waals surface area contributed by atoms with Crippen LogP contribution in [0.3, 0.4) is 0 Å². The lowest BCUT2D eigenvalue weighted by Crippen LogP contribution is -2.37. The van der Waals surface area contributed by atoms with Gasteiger partial charge in [0.2, 0.25) is 11.8 Å². The van der Waals surface area contributed by atoms with E-state index in [9.17, 15) is 24.0 Å². The van der Waals surface area contributed by atoms with Crippen molar-refractivity contribution in [2.45, 2.75) is 26.4 Å². The van der Waals surface area contributed by atoms with E-state index in [0.29, 0.717) is 17.0 Å². The lowest BCUT2D eigenvalue weighted by molar-refractivity contribution is -0.143. The van der Waals surface area contributed by atoms with Crippen molar-refractivity contribution in [3.8, 4) is 11.5 Å². The number of hydrogen-bond acceptors (Lipinski definition) is 9. The Bertz CT molecular complexity index is 1420. The summed E-state index contributed by atoms with van der Waals surface area (Å²) in [5.74, 6) is -1.32. The van der Waals surface area contributed by atoms with Gasteiger partial charge in [0.15, 0.2) is 0 Å². The van der Waals surface area contributed by atoms with Crippen molar-refractivity contribution in [3.05, 3.63) is 57.5 Å². The van der Waals surface area contributed by atoms with Gasteiger partial charge >= 0.3 is 17.6 Å². The number of aromatic amines is 1. The third-order valence-electron chi connectivity index (χ3n) is 5.72. The summed E-state index contributed by atoms with van der Waals surface area (Å²) in [5, 5.41) is 5.20. The second-order valence-electron chi connectivity index (χ2n) is 8.25. The highest BCUT2D eigenvalue weighted by Gasteiger charge is 2.23. The fourth-order valence-electron chi connectivity index (χ4n) is 3.93. The number of carbonyl (C=O) groups is 4. The van der Waals surface area contributed by atoms with E-state index < -0.39 is 36.0 Å². The third-order valence-corrected chi connectivity index (χ3v) is 5.72. The molecule has 208 valence electrons. The van der Waals surface area contributed by atoms with Gasteiger partial charge in [-0.15, -0.1) is 0 Å². The predicted molar refractivity (Wildman–Crippen MR) is 139 cm³/mol. The molecule has 1 heterocycles. The summed E-state index contributed by atoms with van der Waals surface area (Å²) in [6.45, 7) is 1.14. The van der Waals surface area contributed by atoms with Crippen molar-refractivity contribution < 1.29 is 38.1 Å². The van der Waals surface area contributed by atoms with Crippen molar-refractivity contribution in [1.29, 1.82) is 0 Å². The Morgan fingerprint density at radius 3 is 2.26 bits per heavy atom. The SMILES string of the molecule is CCOC(=O)Cn1c(=O)[nH]c2ccc(C(=O)OC)c(CC(=O)NCC(=O)NCc3cc(OC)cc(OC)c3)c21. The van der Waals surface area contributed by atoms with Crippen LogP contribution in [-0.4, -0.2) is 67.8 Å². The van der Waals surface area contributed by atoms with Crippen LogP contribution >= 0.6 is 0 Å². The number of aromatic nitrogens is 2. The minimum Gasteiger partial charge on any atom is -0.497 e. The van der Waals surface area contributed by atoms with Crippen molar-refractivity contribution in [1.82, 2.24) is 20.2 Å². The molecule has 0 atom stereocenters. The quantitative estimate of drug-likeness (QED) is 0.279. The van der Waals surface area contributed by atoms with Crippen molar-refractivity contribution >= 4 is 34.8 Å². The molecule has 13 heteroatoms. The minimum absolute atomic E-state index is 0.0354. The number of esters is 2. The number of fused-ring (bicyclic) bond motifs is 1. The van der Waals surface area contributed by atoms with Crippen molar-refractivity contribution in [2.24, 2.45) is 0 Å². The van der Waals surface area contributed by atoms with Crippen LogP contribution in [0.5, 0.6) is 11.5 Å². The second-order valence-corrected chi connectivity index (χ2v) is 8.25. The number of carbonyl (C=O) groups excluding carboxylic acids is 4. The number of imidazole rings is 1. The number of H-pyrrole nitrogens is 1. The second kappa shape index (κ2) is 13.1. The van der Waals surface area contributed by atoms with Gasteiger partial charge in [0.25, 0.3) is 0 Å². The van der Waals surface area contributed by atoms with Crippen LogP contribution in [0, 0.1) is 0 Å². The smallest absolute Gasteiger partial charge is 0.338 e. The molecular formula is C26H30N4O9. The first-order chi connectivity index (χ1) is 18.7. The molecule has 0 radical (unpaired) electrons. The Kier molecular flexibility index (Phi) is 9.68. The number of hydrogen-bond donors (Lipinski definition) is 3. The number of rotatable bonds is 12. The van der Waals surface area contributed by atoms with E-state index in [2.05, 4.69) is 15.6 Å². The average Bonchev–Trinajstić information content (AvgIpc) is 3.25. The molecule has 0 bridgehead atoms. The number of nitrogens with zero attached hydrogens (tertiary/aromatic N) is 1. The Balaban J connectivity index is 1.76. The first-order valence-corrected chi connectivity index (χ1v) is 11.9. The van der Waals surface area contributed by atoms with E-state index in [1.807, 2.05) is 0 Å². The van der Waals surface area contributed by atoms with Gasteiger partial charge in [-0.1, -0.05) is 0 Å². The topological polar surface area (TPSA) is 167 Å². The average molecular weight is 543 g/mol. The molecule has 0 spiro atoms. The fraction of sp³-hybridized carbons (Fsp3) is 0.346. The van der Waals surface area contributed by atoms with Crippen molar-refractivity contribution in [2.75, 3.05) is 34.5 Å². The number of benzene rings is 2. The number of methoxy groups -OCH3 is 3. The van der Waals surface area contributed by atoms with Gasteiger partial charge in [-0.2, -0.15) is 0 Å². The molecule has 13 nitrogen and oxygen atoms in total. The zero-order chi connectivity index (χ0) is 28.5. The minimum atomic E-state index is -0.734. The zero-order valence-corrected chi connectivity index (χ0v) is 22.0. The normalized spacial score (nSPS) is 10.6. The van der Waals surface area contributed by atoms with Crippen LogP contribution in [0.2, 0.25) is 0 Å².